The molecule has 47 heavy (non-hydrogen) atoms. The molecular formula is C37H40N4O6. The van der Waals surface area contributed by atoms with Crippen LogP contribution in [-0.2, 0) is 19.1 Å². The van der Waals surface area contributed by atoms with Crippen molar-refractivity contribution >= 4 is 17.6 Å². The van der Waals surface area contributed by atoms with Crippen LogP contribution in [0.2, 0.25) is 0 Å². The maximum Gasteiger partial charge on any atom is 0.337 e. The van der Waals surface area contributed by atoms with Gasteiger partial charge in [0, 0.05) is 56.3 Å². The molecule has 1 saturated heterocycles. The standard InChI is InChI=1S/C37H40N4O6/c1-26-32(36(42)46-3)34(30-17-12-18-31(25-30)41(44)45)33(27(2)38-26)37(43)47-24-11-10-19-39-20-22-40(23-21-39)35(28-13-6-4-7-14-28)29-15-8-5-9-16-29/h4-18,25,34-35,38H,19-24H2,1-3H3/b11-10+. The van der Waals surface area contributed by atoms with Gasteiger partial charge in [-0.1, -0.05) is 78.9 Å². The van der Waals surface area contributed by atoms with E-state index in [1.54, 1.807) is 19.9 Å². The first-order valence-corrected chi connectivity index (χ1v) is 15.7. The number of carbonyl (C=O) groups excluding carboxylic acids is 2. The van der Waals surface area contributed by atoms with E-state index in [0.29, 0.717) is 17.0 Å². The molecule has 5 rings (SSSR count). The summed E-state index contributed by atoms with van der Waals surface area (Å²) in [5, 5.41) is 14.6. The van der Waals surface area contributed by atoms with Gasteiger partial charge in [0.2, 0.25) is 0 Å². The molecule has 1 atom stereocenters. The number of rotatable bonds is 11. The van der Waals surface area contributed by atoms with Crippen LogP contribution in [0.15, 0.2) is 120 Å². The van der Waals surface area contributed by atoms with Crippen LogP contribution in [0.1, 0.15) is 42.5 Å². The number of nitrogens with one attached hydrogen (secondary N) is 1. The van der Waals surface area contributed by atoms with E-state index in [1.165, 1.54) is 36.4 Å². The van der Waals surface area contributed by atoms with Crippen molar-refractivity contribution in [1.29, 1.82) is 0 Å². The lowest BCUT2D eigenvalue weighted by molar-refractivity contribution is -0.384. The SMILES string of the molecule is COC(=O)C1=C(C)NC(C)=C(C(=O)OC/C=C/CN2CCN(C(c3ccccc3)c3ccccc3)CC2)C1c1cccc([N+](=O)[O-])c1. The molecule has 244 valence electrons. The minimum absolute atomic E-state index is 0.0393. The van der Waals surface area contributed by atoms with E-state index in [0.717, 1.165) is 32.7 Å². The number of nitro groups is 1. The van der Waals surface area contributed by atoms with E-state index in [2.05, 4.69) is 63.6 Å². The fourth-order valence-corrected chi connectivity index (χ4v) is 6.38. The second-order valence-electron chi connectivity index (χ2n) is 11.6. The van der Waals surface area contributed by atoms with Crippen molar-refractivity contribution in [3.8, 4) is 0 Å². The van der Waals surface area contributed by atoms with Crippen LogP contribution >= 0.6 is 0 Å². The van der Waals surface area contributed by atoms with Gasteiger partial charge in [-0.15, -0.1) is 0 Å². The molecule has 3 aromatic carbocycles. The lowest BCUT2D eigenvalue weighted by Crippen LogP contribution is -2.47. The summed E-state index contributed by atoms with van der Waals surface area (Å²) in [5.41, 5.74) is 4.24. The van der Waals surface area contributed by atoms with E-state index in [9.17, 15) is 19.7 Å². The number of non-ortho nitro benzene ring substituents is 1. The normalized spacial score (nSPS) is 17.6. The third-order valence-electron chi connectivity index (χ3n) is 8.64. The number of methoxy groups -OCH3 is 1. The predicted molar refractivity (Wildman–Crippen MR) is 179 cm³/mol. The summed E-state index contributed by atoms with van der Waals surface area (Å²) < 4.78 is 10.7. The van der Waals surface area contributed by atoms with Crippen LogP contribution in [-0.4, -0.2) is 73.1 Å². The Kier molecular flexibility index (Phi) is 11.0. The highest BCUT2D eigenvalue weighted by Crippen LogP contribution is 2.40. The molecule has 0 bridgehead atoms. The second-order valence-corrected chi connectivity index (χ2v) is 11.6. The van der Waals surface area contributed by atoms with Crippen LogP contribution in [0, 0.1) is 10.1 Å². The quantitative estimate of drug-likeness (QED) is 0.126. The highest BCUT2D eigenvalue weighted by atomic mass is 16.6. The summed E-state index contributed by atoms with van der Waals surface area (Å²) in [4.78, 5) is 42.2. The number of dihydropyridines is 1. The Bertz CT molecular complexity index is 1640. The molecule has 0 saturated carbocycles. The Balaban J connectivity index is 1.20. The predicted octanol–water partition coefficient (Wildman–Crippen LogP) is 5.51. The highest BCUT2D eigenvalue weighted by molar-refractivity contribution is 5.99. The number of piperazine rings is 1. The summed E-state index contributed by atoms with van der Waals surface area (Å²) >= 11 is 0. The number of esters is 2. The van der Waals surface area contributed by atoms with Gasteiger partial charge in [-0.2, -0.15) is 0 Å². The number of hydrogen-bond acceptors (Lipinski definition) is 9. The minimum atomic E-state index is -0.896. The molecule has 0 aromatic heterocycles. The van der Waals surface area contributed by atoms with Crippen molar-refractivity contribution in [3.05, 3.63) is 146 Å². The Morgan fingerprint density at radius 1 is 0.872 bits per heavy atom. The van der Waals surface area contributed by atoms with Gasteiger partial charge in [0.1, 0.15) is 6.61 Å². The number of ether oxygens (including phenoxy) is 2. The molecule has 0 aliphatic carbocycles. The van der Waals surface area contributed by atoms with Gasteiger partial charge in [0.15, 0.2) is 0 Å². The Morgan fingerprint density at radius 3 is 2.04 bits per heavy atom. The fourth-order valence-electron chi connectivity index (χ4n) is 6.38. The van der Waals surface area contributed by atoms with Crippen LogP contribution in [0.3, 0.4) is 0 Å². The first-order valence-electron chi connectivity index (χ1n) is 15.7. The van der Waals surface area contributed by atoms with Gasteiger partial charge >= 0.3 is 11.9 Å². The van der Waals surface area contributed by atoms with Gasteiger partial charge in [0.25, 0.3) is 5.69 Å². The summed E-state index contributed by atoms with van der Waals surface area (Å²) in [6.07, 6.45) is 3.81. The molecule has 0 radical (unpaired) electrons. The third kappa shape index (κ3) is 7.85. The zero-order valence-corrected chi connectivity index (χ0v) is 26.9. The third-order valence-corrected chi connectivity index (χ3v) is 8.64. The summed E-state index contributed by atoms with van der Waals surface area (Å²) in [7, 11) is 1.26. The van der Waals surface area contributed by atoms with E-state index >= 15 is 0 Å². The van der Waals surface area contributed by atoms with Crippen LogP contribution in [0.5, 0.6) is 0 Å². The highest BCUT2D eigenvalue weighted by Gasteiger charge is 2.38. The molecule has 10 heteroatoms. The monoisotopic (exact) mass is 636 g/mol. The van der Waals surface area contributed by atoms with Crippen molar-refractivity contribution < 1.29 is 24.0 Å². The van der Waals surface area contributed by atoms with Crippen molar-refractivity contribution in [3.63, 3.8) is 0 Å². The molecular weight excluding hydrogens is 596 g/mol. The van der Waals surface area contributed by atoms with E-state index < -0.39 is 22.8 Å². The van der Waals surface area contributed by atoms with Gasteiger partial charge < -0.3 is 14.8 Å². The van der Waals surface area contributed by atoms with Crippen LogP contribution < -0.4 is 5.32 Å². The molecule has 1 N–H and O–H groups in total. The Labute approximate surface area is 275 Å². The summed E-state index contributed by atoms with van der Waals surface area (Å²) in [6, 6.07) is 27.3. The smallest absolute Gasteiger partial charge is 0.337 e. The second kappa shape index (κ2) is 15.5. The number of nitro benzene ring substituents is 1. The molecule has 3 aromatic rings. The molecule has 10 nitrogen and oxygen atoms in total. The van der Waals surface area contributed by atoms with Crippen molar-refractivity contribution in [2.45, 2.75) is 25.8 Å². The lowest BCUT2D eigenvalue weighted by atomic mass is 9.80. The minimum Gasteiger partial charge on any atom is -0.466 e. The zero-order chi connectivity index (χ0) is 33.3. The van der Waals surface area contributed by atoms with Gasteiger partial charge in [-0.25, -0.2) is 9.59 Å². The number of allylic oxidation sites excluding steroid dienone is 2. The van der Waals surface area contributed by atoms with Gasteiger partial charge in [-0.3, -0.25) is 19.9 Å². The molecule has 2 heterocycles. The first-order chi connectivity index (χ1) is 22.8. The fraction of sp³-hybridized carbons (Fsp3) is 0.297. The first kappa shape index (κ1) is 33.3. The van der Waals surface area contributed by atoms with Crippen molar-refractivity contribution in [2.24, 2.45) is 0 Å². The Morgan fingerprint density at radius 2 is 1.47 bits per heavy atom. The molecule has 2 aliphatic heterocycles. The maximum absolute atomic E-state index is 13.5. The topological polar surface area (TPSA) is 114 Å². The van der Waals surface area contributed by atoms with Crippen LogP contribution in [0.4, 0.5) is 5.69 Å². The number of hydrogen-bond donors (Lipinski definition) is 1. The summed E-state index contributed by atoms with van der Waals surface area (Å²) in [5.74, 6) is -2.15. The number of carbonyl (C=O) groups is 2. The molecule has 1 unspecified atom stereocenters. The van der Waals surface area contributed by atoms with Crippen molar-refractivity contribution in [1.82, 2.24) is 15.1 Å². The Hall–Kier alpha value is -5.06. The molecule has 2 aliphatic rings. The molecule has 0 amide bonds. The largest absolute Gasteiger partial charge is 0.466 e. The van der Waals surface area contributed by atoms with E-state index in [-0.39, 0.29) is 29.5 Å². The molecule has 1 fully saturated rings. The van der Waals surface area contributed by atoms with E-state index in [4.69, 9.17) is 9.47 Å². The van der Waals surface area contributed by atoms with E-state index in [1.807, 2.05) is 24.3 Å². The molecule has 0 spiro atoms. The maximum atomic E-state index is 13.5. The van der Waals surface area contributed by atoms with Crippen molar-refractivity contribution in [2.75, 3.05) is 46.4 Å². The number of nitrogens with zero attached hydrogens (tertiary/aromatic N) is 3. The average Bonchev–Trinajstić information content (AvgIpc) is 3.09. The average molecular weight is 637 g/mol. The van der Waals surface area contributed by atoms with Gasteiger partial charge in [-0.05, 0) is 36.6 Å². The van der Waals surface area contributed by atoms with Gasteiger partial charge in [0.05, 0.1) is 35.1 Å². The number of benzene rings is 3. The van der Waals surface area contributed by atoms with Crippen LogP contribution in [0.25, 0.3) is 0 Å². The summed E-state index contributed by atoms with van der Waals surface area (Å²) in [6.45, 7) is 7.84. The zero-order valence-electron chi connectivity index (χ0n) is 26.9. The lowest BCUT2D eigenvalue weighted by Gasteiger charge is -2.39.